The van der Waals surface area contributed by atoms with Gasteiger partial charge in [-0.2, -0.15) is 18.4 Å². The lowest BCUT2D eigenvalue weighted by atomic mass is 10.1. The smallest absolute Gasteiger partial charge is 0.330 e. The Bertz CT molecular complexity index is 1250. The molecule has 29 heavy (non-hydrogen) atoms. The molecule has 0 spiro atoms. The first kappa shape index (κ1) is 18.2. The topological polar surface area (TPSA) is 112 Å². The van der Waals surface area contributed by atoms with Crippen molar-refractivity contribution in [2.75, 3.05) is 5.32 Å². The number of nitrogens with zero attached hydrogens (tertiary/aromatic N) is 5. The number of anilines is 1. The third-order valence-corrected chi connectivity index (χ3v) is 4.12. The predicted molar refractivity (Wildman–Crippen MR) is 94.7 cm³/mol. The van der Waals surface area contributed by atoms with Crippen molar-refractivity contribution in [3.8, 4) is 17.3 Å². The number of carbonyl (C=O) groups excluding carboxylic acids is 1. The number of amides is 1. The Morgan fingerprint density at radius 1 is 1.14 bits per heavy atom. The van der Waals surface area contributed by atoms with Crippen molar-refractivity contribution < 1.29 is 18.0 Å². The molecule has 4 aromatic rings. The summed E-state index contributed by atoms with van der Waals surface area (Å²) in [4.78, 5) is 27.0. The molecule has 0 aliphatic rings. The van der Waals surface area contributed by atoms with E-state index in [4.69, 9.17) is 5.26 Å². The number of imidazole rings is 2. The van der Waals surface area contributed by atoms with E-state index in [9.17, 15) is 18.0 Å². The molecule has 0 radical (unpaired) electrons. The van der Waals surface area contributed by atoms with Gasteiger partial charge < -0.3 is 10.3 Å². The zero-order valence-electron chi connectivity index (χ0n) is 14.4. The molecule has 0 aliphatic heterocycles. The number of benzene rings is 1. The Balaban J connectivity index is 1.68. The molecule has 144 valence electrons. The highest BCUT2D eigenvalue weighted by atomic mass is 19.4. The minimum Gasteiger partial charge on any atom is -0.330 e. The molecule has 0 bridgehead atoms. The van der Waals surface area contributed by atoms with E-state index in [1.54, 1.807) is 4.40 Å². The van der Waals surface area contributed by atoms with Crippen molar-refractivity contribution in [3.05, 3.63) is 66.1 Å². The molecular weight excluding hydrogens is 387 g/mol. The van der Waals surface area contributed by atoms with Crippen LogP contribution < -0.4 is 5.32 Å². The fourth-order valence-electron chi connectivity index (χ4n) is 2.70. The van der Waals surface area contributed by atoms with E-state index in [0.717, 1.165) is 12.1 Å². The molecule has 3 heterocycles. The van der Waals surface area contributed by atoms with E-state index in [0.29, 0.717) is 16.9 Å². The van der Waals surface area contributed by atoms with Gasteiger partial charge in [0.05, 0.1) is 30.0 Å². The molecule has 0 fully saturated rings. The van der Waals surface area contributed by atoms with Crippen LogP contribution >= 0.6 is 0 Å². The Morgan fingerprint density at radius 3 is 2.59 bits per heavy atom. The summed E-state index contributed by atoms with van der Waals surface area (Å²) < 4.78 is 39.9. The monoisotopic (exact) mass is 397 g/mol. The summed E-state index contributed by atoms with van der Waals surface area (Å²) in [5.41, 5.74) is 0.669. The molecule has 0 saturated carbocycles. The fraction of sp³-hybridized carbons (Fsp3) is 0.0556. The van der Waals surface area contributed by atoms with Gasteiger partial charge in [0.15, 0.2) is 11.3 Å². The molecule has 0 atom stereocenters. The quantitative estimate of drug-likeness (QED) is 0.551. The second-order valence-electron chi connectivity index (χ2n) is 5.91. The number of nitriles is 1. The molecule has 0 unspecified atom stereocenters. The summed E-state index contributed by atoms with van der Waals surface area (Å²) in [6, 6.07) is 6.44. The molecule has 1 aromatic carbocycles. The van der Waals surface area contributed by atoms with Crippen LogP contribution in [-0.2, 0) is 6.18 Å². The Kier molecular flexibility index (Phi) is 4.23. The van der Waals surface area contributed by atoms with Crippen LogP contribution in [0.25, 0.3) is 16.9 Å². The van der Waals surface area contributed by atoms with Gasteiger partial charge in [0, 0.05) is 11.8 Å². The van der Waals surface area contributed by atoms with Gasteiger partial charge >= 0.3 is 6.18 Å². The van der Waals surface area contributed by atoms with Crippen molar-refractivity contribution in [1.82, 2.24) is 24.3 Å². The Labute approximate surface area is 160 Å². The summed E-state index contributed by atoms with van der Waals surface area (Å²) in [6.07, 6.45) is 1.09. The average molecular weight is 397 g/mol. The number of fused-ring (bicyclic) bond motifs is 1. The van der Waals surface area contributed by atoms with Crippen LogP contribution in [-0.4, -0.2) is 30.2 Å². The number of alkyl halides is 3. The highest BCUT2D eigenvalue weighted by molar-refractivity contribution is 6.02. The van der Waals surface area contributed by atoms with E-state index < -0.39 is 17.6 Å². The number of H-pyrrole nitrogens is 1. The third kappa shape index (κ3) is 3.39. The maximum absolute atomic E-state index is 12.8. The van der Waals surface area contributed by atoms with Crippen LogP contribution in [0.2, 0.25) is 0 Å². The van der Waals surface area contributed by atoms with Crippen molar-refractivity contribution in [2.45, 2.75) is 6.18 Å². The van der Waals surface area contributed by atoms with E-state index in [2.05, 4.69) is 25.3 Å². The summed E-state index contributed by atoms with van der Waals surface area (Å²) in [5.74, 6) is -0.465. The van der Waals surface area contributed by atoms with Crippen molar-refractivity contribution in [3.63, 3.8) is 0 Å². The molecule has 2 N–H and O–H groups in total. The second-order valence-corrected chi connectivity index (χ2v) is 5.91. The zero-order valence-corrected chi connectivity index (χ0v) is 14.4. The maximum Gasteiger partial charge on any atom is 0.416 e. The van der Waals surface area contributed by atoms with Crippen LogP contribution in [0.1, 0.15) is 21.7 Å². The van der Waals surface area contributed by atoms with Gasteiger partial charge in [-0.25, -0.2) is 15.0 Å². The van der Waals surface area contributed by atoms with Gasteiger partial charge in [-0.15, -0.1) is 0 Å². The lowest BCUT2D eigenvalue weighted by molar-refractivity contribution is -0.137. The summed E-state index contributed by atoms with van der Waals surface area (Å²) >= 11 is 0. The lowest BCUT2D eigenvalue weighted by Gasteiger charge is -2.08. The number of hydrogen-bond acceptors (Lipinski definition) is 5. The van der Waals surface area contributed by atoms with E-state index in [-0.39, 0.29) is 17.2 Å². The van der Waals surface area contributed by atoms with E-state index in [1.807, 2.05) is 6.07 Å². The van der Waals surface area contributed by atoms with Crippen molar-refractivity contribution in [2.24, 2.45) is 0 Å². The van der Waals surface area contributed by atoms with Gasteiger partial charge in [0.1, 0.15) is 17.6 Å². The van der Waals surface area contributed by atoms with Crippen LogP contribution in [0.15, 0.2) is 49.2 Å². The number of halogens is 3. The largest absolute Gasteiger partial charge is 0.416 e. The summed E-state index contributed by atoms with van der Waals surface area (Å²) in [7, 11) is 0. The molecule has 8 nitrogen and oxygen atoms in total. The highest BCUT2D eigenvalue weighted by Gasteiger charge is 2.30. The number of hydrogen-bond donors (Lipinski definition) is 2. The average Bonchev–Trinajstić information content (AvgIpc) is 3.33. The zero-order chi connectivity index (χ0) is 20.6. The number of rotatable bonds is 3. The standard InChI is InChI=1S/C18H10F3N7O/c19-18(20,21)11-3-1-10(2-4-11)14-6-24-15-7-23-13(8-28(14)15)17(29)27-16-12(5-22)25-9-26-16/h1-4,6-9H,(H,25,26)(H,27,29). The van der Waals surface area contributed by atoms with Crippen LogP contribution in [0.5, 0.6) is 0 Å². The van der Waals surface area contributed by atoms with Crippen LogP contribution in [0.4, 0.5) is 19.0 Å². The summed E-state index contributed by atoms with van der Waals surface area (Å²) in [5, 5.41) is 11.5. The minimum absolute atomic E-state index is 0.0159. The lowest BCUT2D eigenvalue weighted by Crippen LogP contribution is -2.15. The number of nitrogens with one attached hydrogen (secondary N) is 2. The minimum atomic E-state index is -4.43. The van der Waals surface area contributed by atoms with E-state index in [1.165, 1.54) is 37.1 Å². The van der Waals surface area contributed by atoms with Gasteiger partial charge in [0.2, 0.25) is 0 Å². The number of aromatic nitrogens is 5. The summed E-state index contributed by atoms with van der Waals surface area (Å²) in [6.45, 7) is 0. The van der Waals surface area contributed by atoms with Crippen LogP contribution in [0.3, 0.4) is 0 Å². The van der Waals surface area contributed by atoms with Crippen LogP contribution in [0, 0.1) is 11.3 Å². The molecule has 4 rings (SSSR count). The van der Waals surface area contributed by atoms with Gasteiger partial charge in [-0.3, -0.25) is 9.20 Å². The van der Waals surface area contributed by atoms with E-state index >= 15 is 0 Å². The molecule has 1 amide bonds. The first-order valence-corrected chi connectivity index (χ1v) is 8.12. The van der Waals surface area contributed by atoms with Gasteiger partial charge in [0.25, 0.3) is 5.91 Å². The molecule has 3 aromatic heterocycles. The van der Waals surface area contributed by atoms with Gasteiger partial charge in [-0.05, 0) is 12.1 Å². The SMILES string of the molecule is N#Cc1nc[nH]c1NC(=O)c1cn2c(-c3ccc(C(F)(F)F)cc3)cnc2cn1. The third-order valence-electron chi connectivity index (χ3n) is 4.12. The molecular formula is C18H10F3N7O. The van der Waals surface area contributed by atoms with Crippen molar-refractivity contribution >= 4 is 17.4 Å². The first-order valence-electron chi connectivity index (χ1n) is 8.12. The highest BCUT2D eigenvalue weighted by Crippen LogP contribution is 2.31. The molecule has 0 aliphatic carbocycles. The van der Waals surface area contributed by atoms with Crippen molar-refractivity contribution in [1.29, 1.82) is 5.26 Å². The van der Waals surface area contributed by atoms with Gasteiger partial charge in [-0.1, -0.05) is 12.1 Å². The second kappa shape index (κ2) is 6.75. The number of carbonyl (C=O) groups is 1. The normalized spacial score (nSPS) is 11.4. The molecule has 11 heteroatoms. The fourth-order valence-corrected chi connectivity index (χ4v) is 2.70. The molecule has 0 saturated heterocycles. The Morgan fingerprint density at radius 2 is 1.90 bits per heavy atom. The Hall–Kier alpha value is -4.20. The maximum atomic E-state index is 12.8. The first-order chi connectivity index (χ1) is 13.9. The predicted octanol–water partition coefficient (Wildman–Crippen LogP) is 3.26. The number of aromatic amines is 1.